The van der Waals surface area contributed by atoms with E-state index >= 15 is 0 Å². The van der Waals surface area contributed by atoms with Gasteiger partial charge in [0.05, 0.1) is 10.2 Å². The minimum absolute atomic E-state index is 0.749. The normalized spacial score (nSPS) is 10.5. The van der Waals surface area contributed by atoms with Crippen molar-refractivity contribution in [2.24, 2.45) is 0 Å². The third-order valence-corrected chi connectivity index (χ3v) is 4.40. The lowest BCUT2D eigenvalue weighted by atomic mass is 10.2. The molecule has 0 atom stereocenters. The number of anilines is 1. The molecule has 0 unspecified atom stereocenters. The third-order valence-electron chi connectivity index (χ3n) is 3.62. The fraction of sp³-hybridized carbons (Fsp3) is 0.158. The predicted molar refractivity (Wildman–Crippen MR) is 97.2 cm³/mol. The van der Waals surface area contributed by atoms with Crippen molar-refractivity contribution in [2.75, 3.05) is 4.90 Å². The van der Waals surface area contributed by atoms with Crippen molar-refractivity contribution in [3.05, 3.63) is 88.2 Å². The van der Waals surface area contributed by atoms with Crippen LogP contribution in [0.5, 0.6) is 0 Å². The number of halogens is 1. The summed E-state index contributed by atoms with van der Waals surface area (Å²) < 4.78 is 0.931. The van der Waals surface area contributed by atoms with E-state index in [0.29, 0.717) is 0 Å². The molecule has 0 spiro atoms. The first kappa shape index (κ1) is 15.7. The van der Waals surface area contributed by atoms with Crippen molar-refractivity contribution in [1.29, 1.82) is 0 Å². The smallest absolute Gasteiger partial charge is 0.226 e. The van der Waals surface area contributed by atoms with Gasteiger partial charge in [0, 0.05) is 19.3 Å². The van der Waals surface area contributed by atoms with Crippen LogP contribution < -0.4 is 4.90 Å². The van der Waals surface area contributed by atoms with E-state index in [4.69, 9.17) is 0 Å². The van der Waals surface area contributed by atoms with Gasteiger partial charge in [0.15, 0.2) is 0 Å². The number of hydrogen-bond donors (Lipinski definition) is 0. The fourth-order valence-corrected chi connectivity index (χ4v) is 2.59. The van der Waals surface area contributed by atoms with Crippen LogP contribution in [-0.2, 0) is 13.1 Å². The van der Waals surface area contributed by atoms with Crippen LogP contribution in [0.25, 0.3) is 0 Å². The summed E-state index contributed by atoms with van der Waals surface area (Å²) in [6.45, 7) is 3.53. The molecule has 1 aromatic heterocycles. The first-order valence-corrected chi connectivity index (χ1v) is 8.33. The number of hydrogen-bond acceptors (Lipinski definition) is 3. The van der Waals surface area contributed by atoms with Gasteiger partial charge in [0.1, 0.15) is 0 Å². The standard InChI is InChI=1S/C19H18BrN3/c1-15-18(20)12-21-19(22-15)23(13-16-8-4-2-5-9-16)14-17-10-6-3-7-11-17/h2-12H,13-14H2,1H3. The third kappa shape index (κ3) is 4.17. The molecule has 2 aromatic carbocycles. The van der Waals surface area contributed by atoms with Gasteiger partial charge in [-0.05, 0) is 34.0 Å². The SMILES string of the molecule is Cc1nc(N(Cc2ccccc2)Cc2ccccc2)ncc1Br. The highest BCUT2D eigenvalue weighted by atomic mass is 79.9. The fourth-order valence-electron chi connectivity index (χ4n) is 2.40. The van der Waals surface area contributed by atoms with Crippen molar-refractivity contribution >= 4 is 21.9 Å². The van der Waals surface area contributed by atoms with E-state index in [1.165, 1.54) is 11.1 Å². The summed E-state index contributed by atoms with van der Waals surface area (Å²) in [6.07, 6.45) is 1.82. The zero-order chi connectivity index (χ0) is 16.1. The molecular formula is C19H18BrN3. The molecule has 0 saturated carbocycles. The highest BCUT2D eigenvalue weighted by Crippen LogP contribution is 2.20. The lowest BCUT2D eigenvalue weighted by Gasteiger charge is -2.23. The Morgan fingerprint density at radius 1 is 0.870 bits per heavy atom. The molecular weight excluding hydrogens is 350 g/mol. The zero-order valence-corrected chi connectivity index (χ0v) is 14.6. The molecule has 0 radical (unpaired) electrons. The Hall–Kier alpha value is -2.20. The lowest BCUT2D eigenvalue weighted by Crippen LogP contribution is -2.24. The van der Waals surface area contributed by atoms with Crippen LogP contribution in [0, 0.1) is 6.92 Å². The summed E-state index contributed by atoms with van der Waals surface area (Å²) >= 11 is 3.47. The first-order chi connectivity index (χ1) is 11.2. The summed E-state index contributed by atoms with van der Waals surface area (Å²) in [5.74, 6) is 0.749. The van der Waals surface area contributed by atoms with Crippen LogP contribution in [0.3, 0.4) is 0 Å². The number of aromatic nitrogens is 2. The summed E-state index contributed by atoms with van der Waals surface area (Å²) in [5, 5.41) is 0. The number of benzene rings is 2. The molecule has 1 heterocycles. The van der Waals surface area contributed by atoms with Gasteiger partial charge in [-0.3, -0.25) is 0 Å². The predicted octanol–water partition coefficient (Wildman–Crippen LogP) is 4.75. The molecule has 0 aliphatic carbocycles. The summed E-state index contributed by atoms with van der Waals surface area (Å²) in [5.41, 5.74) is 3.43. The average Bonchev–Trinajstić information content (AvgIpc) is 2.59. The zero-order valence-electron chi connectivity index (χ0n) is 13.0. The maximum Gasteiger partial charge on any atom is 0.226 e. The van der Waals surface area contributed by atoms with Crippen molar-refractivity contribution < 1.29 is 0 Å². The van der Waals surface area contributed by atoms with E-state index in [1.54, 1.807) is 0 Å². The Kier molecular flexibility index (Phi) is 5.03. The highest BCUT2D eigenvalue weighted by molar-refractivity contribution is 9.10. The largest absolute Gasteiger partial charge is 0.332 e. The van der Waals surface area contributed by atoms with Gasteiger partial charge in [0.2, 0.25) is 5.95 Å². The van der Waals surface area contributed by atoms with Crippen LogP contribution in [0.2, 0.25) is 0 Å². The second kappa shape index (κ2) is 7.38. The van der Waals surface area contributed by atoms with Gasteiger partial charge in [-0.2, -0.15) is 0 Å². The number of aryl methyl sites for hydroxylation is 1. The van der Waals surface area contributed by atoms with E-state index < -0.39 is 0 Å². The van der Waals surface area contributed by atoms with Crippen molar-refractivity contribution in [3.63, 3.8) is 0 Å². The Balaban J connectivity index is 1.90. The quantitative estimate of drug-likeness (QED) is 0.651. The maximum absolute atomic E-state index is 4.63. The Bertz CT molecular complexity index is 719. The monoisotopic (exact) mass is 367 g/mol. The molecule has 0 amide bonds. The second-order valence-corrected chi connectivity index (χ2v) is 6.28. The summed E-state index contributed by atoms with van der Waals surface area (Å²) in [6, 6.07) is 20.8. The molecule has 0 aliphatic rings. The first-order valence-electron chi connectivity index (χ1n) is 7.54. The van der Waals surface area contributed by atoms with Crippen molar-refractivity contribution in [1.82, 2.24) is 9.97 Å². The van der Waals surface area contributed by atoms with E-state index in [9.17, 15) is 0 Å². The average molecular weight is 368 g/mol. The number of rotatable bonds is 5. The molecule has 0 N–H and O–H groups in total. The molecule has 4 heteroatoms. The van der Waals surface area contributed by atoms with Gasteiger partial charge in [-0.1, -0.05) is 60.7 Å². The van der Waals surface area contributed by atoms with E-state index in [1.807, 2.05) is 25.3 Å². The molecule has 116 valence electrons. The van der Waals surface area contributed by atoms with Crippen LogP contribution in [0.15, 0.2) is 71.3 Å². The summed E-state index contributed by atoms with van der Waals surface area (Å²) in [7, 11) is 0. The topological polar surface area (TPSA) is 29.0 Å². The van der Waals surface area contributed by atoms with Crippen LogP contribution >= 0.6 is 15.9 Å². The molecule has 3 nitrogen and oxygen atoms in total. The van der Waals surface area contributed by atoms with Gasteiger partial charge in [-0.15, -0.1) is 0 Å². The Morgan fingerprint density at radius 3 is 1.87 bits per heavy atom. The maximum atomic E-state index is 4.63. The van der Waals surface area contributed by atoms with Gasteiger partial charge in [-0.25, -0.2) is 9.97 Å². The van der Waals surface area contributed by atoms with Crippen molar-refractivity contribution in [3.8, 4) is 0 Å². The molecule has 3 rings (SSSR count). The van der Waals surface area contributed by atoms with Crippen molar-refractivity contribution in [2.45, 2.75) is 20.0 Å². The lowest BCUT2D eigenvalue weighted by molar-refractivity contribution is 0.759. The highest BCUT2D eigenvalue weighted by Gasteiger charge is 2.12. The minimum atomic E-state index is 0.749. The molecule has 0 aliphatic heterocycles. The van der Waals surface area contributed by atoms with E-state index in [-0.39, 0.29) is 0 Å². The summed E-state index contributed by atoms with van der Waals surface area (Å²) in [4.78, 5) is 11.3. The molecule has 0 fully saturated rings. The van der Waals surface area contributed by atoms with Crippen LogP contribution in [0.4, 0.5) is 5.95 Å². The Labute approximate surface area is 145 Å². The van der Waals surface area contributed by atoms with Gasteiger partial charge >= 0.3 is 0 Å². The van der Waals surface area contributed by atoms with Gasteiger partial charge < -0.3 is 4.90 Å². The molecule has 0 bridgehead atoms. The van der Waals surface area contributed by atoms with E-state index in [2.05, 4.69) is 79.3 Å². The molecule has 0 saturated heterocycles. The van der Waals surface area contributed by atoms with Crippen LogP contribution in [0.1, 0.15) is 16.8 Å². The molecule has 23 heavy (non-hydrogen) atoms. The Morgan fingerprint density at radius 2 is 1.39 bits per heavy atom. The molecule has 3 aromatic rings. The van der Waals surface area contributed by atoms with E-state index in [0.717, 1.165) is 29.2 Å². The second-order valence-electron chi connectivity index (χ2n) is 5.43. The van der Waals surface area contributed by atoms with Crippen LogP contribution in [-0.4, -0.2) is 9.97 Å². The van der Waals surface area contributed by atoms with Gasteiger partial charge in [0.25, 0.3) is 0 Å². The number of nitrogens with zero attached hydrogens (tertiary/aromatic N) is 3. The minimum Gasteiger partial charge on any atom is -0.332 e.